The first-order chi connectivity index (χ1) is 52.8. The van der Waals surface area contributed by atoms with Crippen LogP contribution in [0.3, 0.4) is 0 Å². The largest absolute Gasteiger partial charge is 0.485 e. The second-order valence-electron chi connectivity index (χ2n) is 26.6. The molecule has 0 radical (unpaired) electrons. The first kappa shape index (κ1) is 77.5. The van der Waals surface area contributed by atoms with E-state index in [1.165, 1.54) is 31.0 Å². The number of anilines is 6. The van der Waals surface area contributed by atoms with Crippen molar-refractivity contribution in [3.63, 3.8) is 0 Å². The van der Waals surface area contributed by atoms with Gasteiger partial charge < -0.3 is 48.8 Å². The Morgan fingerprint density at radius 3 is 1.87 bits per heavy atom. The molecular weight excluding hydrogens is 1520 g/mol. The molecule has 3 fully saturated rings. The molecule has 9 heterocycles. The summed E-state index contributed by atoms with van der Waals surface area (Å²) in [5.74, 6) is -0.873. The number of para-hydroxylation sites is 3. The Bertz CT molecular complexity index is 5270. The van der Waals surface area contributed by atoms with Crippen LogP contribution >= 0.6 is 23.1 Å². The molecule has 3 atom stereocenters. The number of nitrogens with one attached hydrogen (secondary N) is 3. The van der Waals surface area contributed by atoms with Crippen LogP contribution in [0.4, 0.5) is 46.9 Å². The third kappa shape index (κ3) is 18.6. The molecule has 0 aliphatic carbocycles. The Hall–Kier alpha value is -10.7. The quantitative estimate of drug-likeness (QED) is 0.0719. The summed E-state index contributed by atoms with van der Waals surface area (Å²) in [5, 5.41) is 5.25. The third-order valence-electron chi connectivity index (χ3n) is 19.6. The molecule has 0 spiro atoms. The fourth-order valence-electron chi connectivity index (χ4n) is 13.6. The van der Waals surface area contributed by atoms with Crippen molar-refractivity contribution in [3.8, 4) is 11.5 Å². The number of carbonyl (C=O) groups is 3. The van der Waals surface area contributed by atoms with Crippen molar-refractivity contribution in [3.05, 3.63) is 211 Å². The minimum atomic E-state index is -4.80. The number of hydrogen-bond donors (Lipinski definition) is 3. The molecule has 5 aliphatic heterocycles. The fourth-order valence-corrected chi connectivity index (χ4v) is 17.8. The number of rotatable bonds is 18. The van der Waals surface area contributed by atoms with Crippen molar-refractivity contribution in [2.24, 2.45) is 0 Å². The molecule has 10 aromatic rings. The van der Waals surface area contributed by atoms with Gasteiger partial charge in [-0.3, -0.25) is 23.8 Å². The molecule has 0 bridgehead atoms. The minimum absolute atomic E-state index is 0. The monoisotopic (exact) mass is 1610 g/mol. The van der Waals surface area contributed by atoms with E-state index < -0.39 is 53.8 Å². The van der Waals surface area contributed by atoms with Crippen molar-refractivity contribution < 1.29 is 69.4 Å². The van der Waals surface area contributed by atoms with E-state index in [-0.39, 0.29) is 75.2 Å². The van der Waals surface area contributed by atoms with Gasteiger partial charge in [-0.1, -0.05) is 41.9 Å². The van der Waals surface area contributed by atoms with Gasteiger partial charge in [0.15, 0.2) is 21.3 Å². The number of piperidine rings is 1. The maximum absolute atomic E-state index is 13.4. The molecule has 5 aliphatic rings. The fraction of sp³-hybridized carbons (Fsp3) is 0.320. The first-order valence-electron chi connectivity index (χ1n) is 35.4. The summed E-state index contributed by atoms with van der Waals surface area (Å²) in [6.45, 7) is 10.9. The number of aryl methyl sites for hydroxylation is 1. The van der Waals surface area contributed by atoms with E-state index in [2.05, 4.69) is 63.7 Å². The van der Waals surface area contributed by atoms with E-state index in [1.54, 1.807) is 65.6 Å². The lowest BCUT2D eigenvalue weighted by atomic mass is 10.00. The van der Waals surface area contributed by atoms with E-state index >= 15 is 0 Å². The maximum Gasteiger partial charge on any atom is 0.451 e. The van der Waals surface area contributed by atoms with Crippen molar-refractivity contribution in [1.82, 2.24) is 49.0 Å². The number of ether oxygens (including phenoxy) is 2. The summed E-state index contributed by atoms with van der Waals surface area (Å²) in [6.07, 6.45) is 5.05. The van der Waals surface area contributed by atoms with Crippen LogP contribution in [0.15, 0.2) is 204 Å². The Morgan fingerprint density at radius 2 is 1.25 bits per heavy atom. The van der Waals surface area contributed by atoms with Crippen molar-refractivity contribution in [1.29, 1.82) is 0 Å². The smallest absolute Gasteiger partial charge is 0.451 e. The third-order valence-corrected chi connectivity index (χ3v) is 24.9. The zero-order valence-corrected chi connectivity index (χ0v) is 63.7. The second-order valence-corrected chi connectivity index (χ2v) is 33.2. The summed E-state index contributed by atoms with van der Waals surface area (Å²) in [7, 11) is -11.4. The summed E-state index contributed by atoms with van der Waals surface area (Å²) < 4.78 is 136. The number of benzene rings is 6. The maximum atomic E-state index is 13.4. The summed E-state index contributed by atoms with van der Waals surface area (Å²) in [4.78, 5) is 69.8. The number of aromatic nitrogens is 7. The average molecular weight is 1610 g/mol. The van der Waals surface area contributed by atoms with Gasteiger partial charge in [-0.2, -0.15) is 17.5 Å². The lowest BCUT2D eigenvalue weighted by molar-refractivity contribution is -0.145. The van der Waals surface area contributed by atoms with Gasteiger partial charge in [0.1, 0.15) is 37.2 Å². The molecule has 586 valence electrons. The normalized spacial score (nSPS) is 16.8. The number of alkyl halides is 3. The van der Waals surface area contributed by atoms with Crippen molar-refractivity contribution in [2.75, 3.05) is 108 Å². The Balaban J connectivity index is 0.000000212. The average Bonchev–Trinajstić information content (AvgIpc) is 1.82. The molecule has 3 N–H and O–H groups in total. The van der Waals surface area contributed by atoms with Crippen LogP contribution < -0.4 is 43.8 Å². The molecule has 15 rings (SSSR count). The molecule has 35 heteroatoms. The molecule has 6 aromatic carbocycles. The van der Waals surface area contributed by atoms with Crippen LogP contribution in [-0.4, -0.2) is 183 Å². The number of sulfone groups is 1. The van der Waals surface area contributed by atoms with Crippen molar-refractivity contribution in [2.45, 2.75) is 90.4 Å². The Morgan fingerprint density at radius 1 is 0.636 bits per heavy atom. The predicted octanol–water partition coefficient (Wildman–Crippen LogP) is 11.2. The topological polar surface area (TPSA) is 310 Å². The highest BCUT2D eigenvalue weighted by Crippen LogP contribution is 2.35. The van der Waals surface area contributed by atoms with E-state index in [4.69, 9.17) is 21.1 Å². The van der Waals surface area contributed by atoms with Gasteiger partial charge in [0.2, 0.25) is 28.9 Å². The van der Waals surface area contributed by atoms with E-state index in [1.807, 2.05) is 108 Å². The van der Waals surface area contributed by atoms with Gasteiger partial charge >= 0.3 is 6.18 Å². The summed E-state index contributed by atoms with van der Waals surface area (Å²) in [6, 6.07) is 45.0. The lowest BCUT2D eigenvalue weighted by Gasteiger charge is -2.41. The van der Waals surface area contributed by atoms with Gasteiger partial charge in [-0.25, -0.2) is 50.2 Å². The number of halogens is 4. The number of fused-ring (bicyclic) bond motifs is 3. The summed E-state index contributed by atoms with van der Waals surface area (Å²) in [5.41, 5.74) is 6.34. The number of hydrogen-bond acceptors (Lipinski definition) is 22. The zero-order chi connectivity index (χ0) is 77.3. The highest BCUT2D eigenvalue weighted by molar-refractivity contribution is 7.93. The van der Waals surface area contributed by atoms with Crippen LogP contribution in [0.2, 0.25) is 5.02 Å². The zero-order valence-electron chi connectivity index (χ0n) is 59.7. The van der Waals surface area contributed by atoms with Gasteiger partial charge in [-0.05, 0) is 178 Å². The molecule has 1 unspecified atom stereocenters. The highest BCUT2D eigenvalue weighted by Gasteiger charge is 2.37. The van der Waals surface area contributed by atoms with Crippen LogP contribution in [0, 0.1) is 0 Å². The van der Waals surface area contributed by atoms with E-state index in [9.17, 15) is 52.8 Å². The number of carbonyl (C=O) groups excluding carboxylic acids is 3. The van der Waals surface area contributed by atoms with E-state index in [0.717, 1.165) is 108 Å². The van der Waals surface area contributed by atoms with Gasteiger partial charge in [0.05, 0.1) is 26.1 Å². The molecule has 4 aromatic heterocycles. The van der Waals surface area contributed by atoms with Gasteiger partial charge in [0, 0.05) is 149 Å². The number of nitrogens with zero attached hydrogens (tertiary/aromatic N) is 13. The van der Waals surface area contributed by atoms with Gasteiger partial charge in [0.25, 0.3) is 26.0 Å². The van der Waals surface area contributed by atoms with Crippen LogP contribution in [0.25, 0.3) is 10.9 Å². The van der Waals surface area contributed by atoms with Crippen LogP contribution in [-0.2, 0) is 62.6 Å². The minimum Gasteiger partial charge on any atom is -0.485 e. The molecular formula is C75H88ClF3N16O11S4. The summed E-state index contributed by atoms with van der Waals surface area (Å²) >= 11 is 7.15. The Kier molecular flexibility index (Phi) is 23.7. The van der Waals surface area contributed by atoms with Crippen LogP contribution in [0.5, 0.6) is 11.5 Å². The first-order valence-corrected chi connectivity index (χ1v) is 41.2. The van der Waals surface area contributed by atoms with Crippen LogP contribution in [0.1, 0.15) is 63.4 Å². The van der Waals surface area contributed by atoms with Crippen molar-refractivity contribution >= 4 is 115 Å². The Labute approximate surface area is 650 Å². The van der Waals surface area contributed by atoms with Gasteiger partial charge in [-0.15, -0.1) is 0 Å². The highest BCUT2D eigenvalue weighted by atomic mass is 35.5. The second kappa shape index (κ2) is 33.7. The molecule has 27 nitrogen and oxygen atoms in total. The molecule has 3 amide bonds. The predicted molar refractivity (Wildman–Crippen MR) is 422 cm³/mol. The molecule has 0 saturated carbocycles. The SMILES string of the molecule is C[C@H](C(=O)N1CCN(c2ccc(S(=O)(=O)Nc3ccnc(C(F)(F)F)n3)cc2)CC1)N1CCCc2cc(Cl)ccc21.C[C@H](C(=O)NC1CCN(c2ccc(S(=O)(=O)Nc3ncns3)cc2)CC1)n1ccc2ccccc21.O=C(C1COc2ccccc2O1)N1CCN(c2ccc(S(=O)(=O)Cc3ccncn3)cc2)CC1.[HH].[HH].[HH].[HH].[HH]. The van der Waals surface area contributed by atoms with E-state index in [0.29, 0.717) is 74.6 Å². The molecule has 3 saturated heterocycles. The standard InChI is InChI=1S/C27H28ClF3N6O3S.C24H26N6O3S2.C24H24N4O5S.5H2/c1-18(37-12-2-3-19-17-20(28)4-9-23(19)37)25(38)36-15-13-35(14-16-36)21-5-7-22(8-6-21)41(39,40)34-24-10-11-32-26(33-24)27(29,30)31;1-17(30-15-10-18-4-2-3-5-22(18)30)23(31)27-19-11-13-29(14-12-19)20-6-8-21(9-7-20)35(32,33)28-24-25-16-26-34-24;29-24(23-15-32-21-3-1-2-4-22(21)33-23)28-13-11-27(12-14-28)19-5-7-20(8-6-19)34(30,31)16-18-9-10-25-17-26-18;;;;;/h4-11,17-18H,2-3,12-16H2,1H3,(H,32,33,34);2-10,15-17,19H,11-14H2,1H3,(H,27,31)(H,25,26,28);1-10,17,23H,11-16H2;5*1H/t18-;17-;;;;;;/m11....../s1. The molecule has 110 heavy (non-hydrogen) atoms. The number of piperazine rings is 2. The number of amides is 3. The number of sulfonamides is 2. The lowest BCUT2D eigenvalue weighted by Crippen LogP contribution is -2.55.